The predicted octanol–water partition coefficient (Wildman–Crippen LogP) is 2.99. The Bertz CT molecular complexity index is 452. The molecule has 0 saturated heterocycles. The van der Waals surface area contributed by atoms with Crippen molar-refractivity contribution in [2.75, 3.05) is 11.9 Å². The molecule has 96 valence electrons. The van der Waals surface area contributed by atoms with Crippen molar-refractivity contribution < 1.29 is 9.53 Å². The van der Waals surface area contributed by atoms with Crippen molar-refractivity contribution in [3.63, 3.8) is 0 Å². The van der Waals surface area contributed by atoms with Gasteiger partial charge >= 0.3 is 5.97 Å². The second-order valence-corrected chi connectivity index (χ2v) is 4.66. The van der Waals surface area contributed by atoms with Gasteiger partial charge in [-0.1, -0.05) is 22.0 Å². The van der Waals surface area contributed by atoms with Gasteiger partial charge in [-0.2, -0.15) is 5.26 Å². The smallest absolute Gasteiger partial charge is 0.310 e. The second-order valence-electron chi connectivity index (χ2n) is 3.87. The average molecular weight is 310 g/mol. The minimum atomic E-state index is -0.243. The van der Waals surface area contributed by atoms with E-state index < -0.39 is 0 Å². The number of hydrogen-bond acceptors (Lipinski definition) is 3. The van der Waals surface area contributed by atoms with E-state index in [1.54, 1.807) is 19.1 Å². The fourth-order valence-electron chi connectivity index (χ4n) is 1.73. The summed E-state index contributed by atoms with van der Waals surface area (Å²) in [7, 11) is 0. The van der Waals surface area contributed by atoms with E-state index in [2.05, 4.69) is 22.0 Å². The van der Waals surface area contributed by atoms with Crippen LogP contribution in [0.15, 0.2) is 18.2 Å². The molecular weight excluding hydrogens is 294 g/mol. The van der Waals surface area contributed by atoms with Crippen LogP contribution in [-0.2, 0) is 22.4 Å². The molecule has 4 heteroatoms. The third kappa shape index (κ3) is 4.50. The Kier molecular flexibility index (Phi) is 6.45. The molecule has 0 fully saturated rings. The molecule has 3 nitrogen and oxygen atoms in total. The number of benzene rings is 1. The van der Waals surface area contributed by atoms with Gasteiger partial charge in [-0.25, -0.2) is 0 Å². The second kappa shape index (κ2) is 7.88. The first kappa shape index (κ1) is 14.7. The maximum absolute atomic E-state index is 11.5. The first-order valence-corrected chi connectivity index (χ1v) is 7.07. The maximum Gasteiger partial charge on any atom is 0.310 e. The summed E-state index contributed by atoms with van der Waals surface area (Å²) in [4.78, 5) is 11.5. The highest BCUT2D eigenvalue weighted by molar-refractivity contribution is 9.09. The number of ether oxygens (including phenoxy) is 1. The van der Waals surface area contributed by atoms with Gasteiger partial charge in [-0.15, -0.1) is 0 Å². The van der Waals surface area contributed by atoms with Gasteiger partial charge in [0.25, 0.3) is 0 Å². The number of rotatable bonds is 6. The van der Waals surface area contributed by atoms with E-state index in [4.69, 9.17) is 10.00 Å². The van der Waals surface area contributed by atoms with Crippen LogP contribution in [0.2, 0.25) is 0 Å². The van der Waals surface area contributed by atoms with E-state index >= 15 is 0 Å². The lowest BCUT2D eigenvalue weighted by Crippen LogP contribution is -2.09. The highest BCUT2D eigenvalue weighted by Crippen LogP contribution is 2.15. The maximum atomic E-state index is 11.5. The van der Waals surface area contributed by atoms with Gasteiger partial charge in [0.15, 0.2) is 0 Å². The number of halogens is 1. The fourth-order valence-corrected chi connectivity index (χ4v) is 2.01. The minimum absolute atomic E-state index is 0.237. The lowest BCUT2D eigenvalue weighted by Gasteiger charge is -2.09. The lowest BCUT2D eigenvalue weighted by molar-refractivity contribution is -0.142. The van der Waals surface area contributed by atoms with Crippen molar-refractivity contribution in [2.45, 2.75) is 26.2 Å². The minimum Gasteiger partial charge on any atom is -0.466 e. The van der Waals surface area contributed by atoms with Crippen LogP contribution in [0.25, 0.3) is 0 Å². The molecular formula is C14H16BrNO2. The molecule has 1 rings (SSSR count). The summed E-state index contributed by atoms with van der Waals surface area (Å²) in [5, 5.41) is 9.82. The fraction of sp³-hybridized carbons (Fsp3) is 0.429. The number of carbonyl (C=O) groups excluding carboxylic acids is 1. The highest BCUT2D eigenvalue weighted by atomic mass is 79.9. The SMILES string of the molecule is CCOC(=O)Cc1cc(C#N)ccc1CCCBr. The van der Waals surface area contributed by atoms with Gasteiger partial charge in [0.1, 0.15) is 0 Å². The Morgan fingerprint density at radius 1 is 1.44 bits per heavy atom. The first-order chi connectivity index (χ1) is 8.71. The quantitative estimate of drug-likeness (QED) is 0.599. The molecule has 0 atom stereocenters. The number of esters is 1. The van der Waals surface area contributed by atoms with Crippen molar-refractivity contribution >= 4 is 21.9 Å². The summed E-state index contributed by atoms with van der Waals surface area (Å²) >= 11 is 3.39. The van der Waals surface area contributed by atoms with E-state index in [1.807, 2.05) is 6.07 Å². The molecule has 0 aliphatic rings. The van der Waals surface area contributed by atoms with Crippen molar-refractivity contribution in [1.29, 1.82) is 5.26 Å². The first-order valence-electron chi connectivity index (χ1n) is 5.94. The summed E-state index contributed by atoms with van der Waals surface area (Å²) in [6, 6.07) is 7.59. The highest BCUT2D eigenvalue weighted by Gasteiger charge is 2.09. The zero-order valence-electron chi connectivity index (χ0n) is 10.4. The summed E-state index contributed by atoms with van der Waals surface area (Å²) in [5.74, 6) is -0.243. The standard InChI is InChI=1S/C14H16BrNO2/c1-2-18-14(17)9-13-8-11(10-16)5-6-12(13)4-3-7-15/h5-6,8H,2-4,7,9H2,1H3. The van der Waals surface area contributed by atoms with Crippen LogP contribution in [0, 0.1) is 11.3 Å². The van der Waals surface area contributed by atoms with E-state index in [9.17, 15) is 4.79 Å². The van der Waals surface area contributed by atoms with Crippen molar-refractivity contribution in [3.05, 3.63) is 34.9 Å². The van der Waals surface area contributed by atoms with E-state index in [-0.39, 0.29) is 12.4 Å². The molecule has 0 saturated carbocycles. The van der Waals surface area contributed by atoms with E-state index in [1.165, 1.54) is 0 Å². The van der Waals surface area contributed by atoms with Crippen LogP contribution in [0.3, 0.4) is 0 Å². The number of nitrogens with zero attached hydrogens (tertiary/aromatic N) is 1. The topological polar surface area (TPSA) is 50.1 Å². The molecule has 1 aromatic rings. The summed E-state index contributed by atoms with van der Waals surface area (Å²) < 4.78 is 4.95. The lowest BCUT2D eigenvalue weighted by atomic mass is 9.98. The summed E-state index contributed by atoms with van der Waals surface area (Å²) in [6.45, 7) is 2.17. The van der Waals surface area contributed by atoms with Crippen molar-refractivity contribution in [3.8, 4) is 6.07 Å². The monoisotopic (exact) mass is 309 g/mol. The molecule has 1 aromatic carbocycles. The van der Waals surface area contributed by atoms with Crippen molar-refractivity contribution in [2.24, 2.45) is 0 Å². The Hall–Kier alpha value is -1.34. The molecule has 0 aliphatic carbocycles. The summed E-state index contributed by atoms with van der Waals surface area (Å²) in [6.07, 6.45) is 2.13. The molecule has 0 heterocycles. The van der Waals surface area contributed by atoms with E-state index in [0.29, 0.717) is 12.2 Å². The Morgan fingerprint density at radius 2 is 2.22 bits per heavy atom. The third-order valence-electron chi connectivity index (χ3n) is 2.56. The van der Waals surface area contributed by atoms with Gasteiger partial charge in [-0.3, -0.25) is 4.79 Å². The Labute approximate surface area is 116 Å². The van der Waals surface area contributed by atoms with Crippen molar-refractivity contribution in [1.82, 2.24) is 0 Å². The number of carbonyl (C=O) groups is 1. The molecule has 0 N–H and O–H groups in total. The van der Waals surface area contributed by atoms with Crippen LogP contribution >= 0.6 is 15.9 Å². The van der Waals surface area contributed by atoms with Gasteiger partial charge in [0, 0.05) is 5.33 Å². The largest absolute Gasteiger partial charge is 0.466 e. The molecule has 0 unspecified atom stereocenters. The molecule has 0 amide bonds. The molecule has 0 aromatic heterocycles. The van der Waals surface area contributed by atoms with Crippen LogP contribution < -0.4 is 0 Å². The zero-order chi connectivity index (χ0) is 13.4. The number of nitriles is 1. The number of hydrogen-bond donors (Lipinski definition) is 0. The van der Waals surface area contributed by atoms with E-state index in [0.717, 1.165) is 29.3 Å². The van der Waals surface area contributed by atoms with Crippen LogP contribution in [-0.4, -0.2) is 17.9 Å². The Balaban J connectivity index is 2.89. The molecule has 18 heavy (non-hydrogen) atoms. The predicted molar refractivity (Wildman–Crippen MR) is 73.6 cm³/mol. The van der Waals surface area contributed by atoms with Crippen LogP contribution in [0.4, 0.5) is 0 Å². The molecule has 0 spiro atoms. The number of aryl methyl sites for hydroxylation is 1. The normalized spacial score (nSPS) is 9.83. The van der Waals surface area contributed by atoms with Gasteiger partial charge in [0.05, 0.1) is 24.7 Å². The zero-order valence-corrected chi connectivity index (χ0v) is 12.0. The van der Waals surface area contributed by atoms with Gasteiger partial charge in [-0.05, 0) is 43.0 Å². The van der Waals surface area contributed by atoms with Crippen LogP contribution in [0.5, 0.6) is 0 Å². The number of alkyl halides is 1. The molecule has 0 radical (unpaired) electrons. The van der Waals surface area contributed by atoms with Gasteiger partial charge < -0.3 is 4.74 Å². The van der Waals surface area contributed by atoms with Crippen LogP contribution in [0.1, 0.15) is 30.0 Å². The third-order valence-corrected chi connectivity index (χ3v) is 3.12. The summed E-state index contributed by atoms with van der Waals surface area (Å²) in [5.41, 5.74) is 2.59. The van der Waals surface area contributed by atoms with Gasteiger partial charge in [0.2, 0.25) is 0 Å². The average Bonchev–Trinajstić information content (AvgIpc) is 2.37. The molecule has 0 aliphatic heterocycles. The molecule has 0 bridgehead atoms. The Morgan fingerprint density at radius 3 is 2.83 bits per heavy atom.